The molecule has 0 aliphatic carbocycles. The maximum Gasteiger partial charge on any atom is 0.191 e. The number of benzene rings is 1. The van der Waals surface area contributed by atoms with Gasteiger partial charge in [0, 0.05) is 26.3 Å². The lowest BCUT2D eigenvalue weighted by Gasteiger charge is -2.13. The molecule has 1 heterocycles. The largest absolute Gasteiger partial charge is 0.379 e. The number of rotatable bonds is 8. The lowest BCUT2D eigenvalue weighted by molar-refractivity contribution is 0.0420. The Hall–Kier alpha value is -0.860. The van der Waals surface area contributed by atoms with Crippen LogP contribution in [0.25, 0.3) is 0 Å². The van der Waals surface area contributed by atoms with Crippen LogP contribution in [-0.2, 0) is 16.0 Å². The van der Waals surface area contributed by atoms with Crippen LogP contribution in [0.5, 0.6) is 0 Å². The minimum absolute atomic E-state index is 0. The maximum absolute atomic E-state index is 5.75. The fraction of sp³-hybridized carbons (Fsp3) is 0.588. The lowest BCUT2D eigenvalue weighted by atomic mass is 10.2. The van der Waals surface area contributed by atoms with Crippen molar-refractivity contribution >= 4 is 29.9 Å². The van der Waals surface area contributed by atoms with Crippen molar-refractivity contribution in [1.29, 1.82) is 0 Å². The van der Waals surface area contributed by atoms with E-state index in [0.717, 1.165) is 51.7 Å². The fourth-order valence-electron chi connectivity index (χ4n) is 2.27. The Kier molecular flexibility index (Phi) is 11.0. The van der Waals surface area contributed by atoms with E-state index in [9.17, 15) is 0 Å². The van der Waals surface area contributed by atoms with Gasteiger partial charge in [0.25, 0.3) is 0 Å². The molecular weight excluding hydrogens is 405 g/mol. The third kappa shape index (κ3) is 8.53. The van der Waals surface area contributed by atoms with Gasteiger partial charge in [-0.2, -0.15) is 0 Å². The molecule has 0 aromatic heterocycles. The summed E-state index contributed by atoms with van der Waals surface area (Å²) in [5.74, 6) is 0.857. The molecule has 0 radical (unpaired) electrons. The summed E-state index contributed by atoms with van der Waals surface area (Å²) in [7, 11) is 0. The predicted octanol–water partition coefficient (Wildman–Crippen LogP) is 2.56. The first-order valence-corrected chi connectivity index (χ1v) is 8.14. The number of aliphatic imine (C=N–C) groups is 1. The van der Waals surface area contributed by atoms with E-state index < -0.39 is 0 Å². The number of halogens is 1. The van der Waals surface area contributed by atoms with Gasteiger partial charge in [-0.05, 0) is 25.3 Å². The van der Waals surface area contributed by atoms with Crippen LogP contribution >= 0.6 is 24.0 Å². The number of ether oxygens (including phenoxy) is 2. The molecule has 2 rings (SSSR count). The van der Waals surface area contributed by atoms with Gasteiger partial charge in [0.05, 0.1) is 19.3 Å². The van der Waals surface area contributed by atoms with E-state index in [2.05, 4.69) is 34.7 Å². The van der Waals surface area contributed by atoms with Crippen LogP contribution < -0.4 is 10.6 Å². The first kappa shape index (κ1) is 20.2. The molecule has 1 fully saturated rings. The minimum atomic E-state index is 0. The van der Waals surface area contributed by atoms with E-state index in [1.54, 1.807) is 0 Å². The first-order valence-electron chi connectivity index (χ1n) is 8.14. The summed E-state index contributed by atoms with van der Waals surface area (Å²) in [5, 5.41) is 6.61. The number of hydrogen-bond acceptors (Lipinski definition) is 3. The molecule has 2 N–H and O–H groups in total. The highest BCUT2D eigenvalue weighted by atomic mass is 127. The van der Waals surface area contributed by atoms with Crippen LogP contribution in [0.3, 0.4) is 0 Å². The predicted molar refractivity (Wildman–Crippen MR) is 104 cm³/mol. The third-order valence-electron chi connectivity index (χ3n) is 3.46. The molecule has 1 aromatic rings. The molecule has 1 saturated heterocycles. The summed E-state index contributed by atoms with van der Waals surface area (Å²) in [5.41, 5.74) is 1.21. The van der Waals surface area contributed by atoms with Gasteiger partial charge in [0.2, 0.25) is 0 Å². The Bertz CT molecular complexity index is 437. The Morgan fingerprint density at radius 2 is 2.13 bits per heavy atom. The second kappa shape index (κ2) is 12.5. The van der Waals surface area contributed by atoms with Crippen LogP contribution in [-0.4, -0.2) is 45.0 Å². The number of hydrogen-bond donors (Lipinski definition) is 2. The summed E-state index contributed by atoms with van der Waals surface area (Å²) in [4.78, 5) is 4.59. The minimum Gasteiger partial charge on any atom is -0.379 e. The van der Waals surface area contributed by atoms with Crippen molar-refractivity contribution in [2.45, 2.75) is 32.4 Å². The summed E-state index contributed by atoms with van der Waals surface area (Å²) in [6.45, 7) is 6.81. The highest BCUT2D eigenvalue weighted by Gasteiger charge is 2.15. The molecule has 1 aliphatic rings. The van der Waals surface area contributed by atoms with Gasteiger partial charge in [0.1, 0.15) is 0 Å². The fourth-order valence-corrected chi connectivity index (χ4v) is 2.27. The molecule has 1 aromatic carbocycles. The van der Waals surface area contributed by atoms with Gasteiger partial charge in [-0.15, -0.1) is 24.0 Å². The highest BCUT2D eigenvalue weighted by Crippen LogP contribution is 2.07. The lowest BCUT2D eigenvalue weighted by Crippen LogP contribution is -2.38. The molecular formula is C17H28IN3O2. The first-order chi connectivity index (χ1) is 10.9. The van der Waals surface area contributed by atoms with Crippen molar-refractivity contribution in [1.82, 2.24) is 10.6 Å². The monoisotopic (exact) mass is 433 g/mol. The molecule has 1 atom stereocenters. The molecule has 6 heteroatoms. The summed E-state index contributed by atoms with van der Waals surface area (Å²) in [6, 6.07) is 10.3. The standard InChI is InChI=1S/C17H27N3O2.HI/c1-2-18-17(20-13-15-7-4-3-5-8-15)19-10-6-11-22-16-9-12-21-14-16;/h3-5,7-8,16H,2,6,9-14H2,1H3,(H2,18,19,20);1H. The molecule has 0 saturated carbocycles. The van der Waals surface area contributed by atoms with Crippen LogP contribution in [0, 0.1) is 0 Å². The highest BCUT2D eigenvalue weighted by molar-refractivity contribution is 14.0. The Morgan fingerprint density at radius 3 is 2.83 bits per heavy atom. The zero-order valence-corrected chi connectivity index (χ0v) is 16.1. The van der Waals surface area contributed by atoms with Crippen molar-refractivity contribution in [3.63, 3.8) is 0 Å². The Labute approximate surface area is 156 Å². The zero-order chi connectivity index (χ0) is 15.5. The van der Waals surface area contributed by atoms with E-state index in [4.69, 9.17) is 9.47 Å². The van der Waals surface area contributed by atoms with Crippen molar-refractivity contribution in [2.24, 2.45) is 4.99 Å². The average molecular weight is 433 g/mol. The van der Waals surface area contributed by atoms with Gasteiger partial charge >= 0.3 is 0 Å². The second-order valence-electron chi connectivity index (χ2n) is 5.32. The Morgan fingerprint density at radius 1 is 1.30 bits per heavy atom. The maximum atomic E-state index is 5.75. The molecule has 130 valence electrons. The van der Waals surface area contributed by atoms with Gasteiger partial charge in [0.15, 0.2) is 5.96 Å². The van der Waals surface area contributed by atoms with Crippen molar-refractivity contribution in [3.8, 4) is 0 Å². The van der Waals surface area contributed by atoms with Crippen LogP contribution in [0.4, 0.5) is 0 Å². The van der Waals surface area contributed by atoms with Crippen molar-refractivity contribution < 1.29 is 9.47 Å². The molecule has 1 aliphatic heterocycles. The normalized spacial score (nSPS) is 17.6. The van der Waals surface area contributed by atoms with Gasteiger partial charge in [-0.25, -0.2) is 4.99 Å². The van der Waals surface area contributed by atoms with Gasteiger partial charge in [-0.1, -0.05) is 30.3 Å². The summed E-state index contributed by atoms with van der Waals surface area (Å²) < 4.78 is 11.0. The molecule has 5 nitrogen and oxygen atoms in total. The average Bonchev–Trinajstić information content (AvgIpc) is 3.06. The van der Waals surface area contributed by atoms with Gasteiger partial charge in [-0.3, -0.25) is 0 Å². The number of nitrogens with one attached hydrogen (secondary N) is 2. The summed E-state index contributed by atoms with van der Waals surface area (Å²) >= 11 is 0. The summed E-state index contributed by atoms with van der Waals surface area (Å²) in [6.07, 6.45) is 2.28. The molecule has 1 unspecified atom stereocenters. The molecule has 0 spiro atoms. The topological polar surface area (TPSA) is 54.9 Å². The zero-order valence-electron chi connectivity index (χ0n) is 13.8. The number of nitrogens with zero attached hydrogens (tertiary/aromatic N) is 1. The van der Waals surface area contributed by atoms with Crippen molar-refractivity contribution in [3.05, 3.63) is 35.9 Å². The van der Waals surface area contributed by atoms with E-state index >= 15 is 0 Å². The van der Waals surface area contributed by atoms with Crippen LogP contribution in [0.1, 0.15) is 25.3 Å². The molecule has 0 amide bonds. The Balaban J connectivity index is 0.00000264. The van der Waals surface area contributed by atoms with E-state index in [-0.39, 0.29) is 24.0 Å². The quantitative estimate of drug-likeness (QED) is 0.287. The SMILES string of the molecule is CCNC(=NCc1ccccc1)NCCCOC1CCOC1.I. The molecule has 23 heavy (non-hydrogen) atoms. The van der Waals surface area contributed by atoms with E-state index in [1.807, 2.05) is 18.2 Å². The second-order valence-corrected chi connectivity index (χ2v) is 5.32. The van der Waals surface area contributed by atoms with Gasteiger partial charge < -0.3 is 20.1 Å². The smallest absolute Gasteiger partial charge is 0.191 e. The van der Waals surface area contributed by atoms with Crippen LogP contribution in [0.2, 0.25) is 0 Å². The van der Waals surface area contributed by atoms with Crippen molar-refractivity contribution in [2.75, 3.05) is 32.9 Å². The molecule has 0 bridgehead atoms. The third-order valence-corrected chi connectivity index (χ3v) is 3.46. The van der Waals surface area contributed by atoms with Crippen LogP contribution in [0.15, 0.2) is 35.3 Å². The van der Waals surface area contributed by atoms with E-state index in [0.29, 0.717) is 12.6 Å². The number of guanidine groups is 1. The van der Waals surface area contributed by atoms with E-state index in [1.165, 1.54) is 5.56 Å².